The van der Waals surface area contributed by atoms with Crippen LogP contribution >= 0.6 is 0 Å². The van der Waals surface area contributed by atoms with Crippen molar-refractivity contribution >= 4 is 11.9 Å². The zero-order valence-corrected chi connectivity index (χ0v) is 11.0. The number of carbonyl (C=O) groups excluding carboxylic acids is 2. The van der Waals surface area contributed by atoms with Crippen molar-refractivity contribution in [3.05, 3.63) is 25.0 Å². The predicted molar refractivity (Wildman–Crippen MR) is 67.0 cm³/mol. The monoisotopic (exact) mass is 266 g/mol. The molecule has 1 heterocycles. The molecule has 0 N–H and O–H groups in total. The molecule has 1 saturated heterocycles. The maximum atomic E-state index is 11.7. The molecule has 0 aromatic heterocycles. The van der Waals surface area contributed by atoms with E-state index in [-0.39, 0.29) is 6.10 Å². The Bertz CT molecular complexity index is 428. The van der Waals surface area contributed by atoms with Gasteiger partial charge >= 0.3 is 11.9 Å². The molecule has 2 fully saturated rings. The van der Waals surface area contributed by atoms with Crippen LogP contribution in [0.15, 0.2) is 25.0 Å². The van der Waals surface area contributed by atoms with E-state index in [9.17, 15) is 9.59 Å². The Morgan fingerprint density at radius 3 is 3.00 bits per heavy atom. The van der Waals surface area contributed by atoms with Crippen LogP contribution in [0.1, 0.15) is 26.2 Å². The summed E-state index contributed by atoms with van der Waals surface area (Å²) in [5.74, 6) is -0.0632. The standard InChI is InChI=1S/C14H18O5/c1-4-12(15)17-8-13(16)19-14(3)6-5-10-7-11(14)18-9(10)2/h4,10-11H,1-2,5-8H2,3H3. The third-order valence-corrected chi connectivity index (χ3v) is 3.76. The first kappa shape index (κ1) is 13.6. The average molecular weight is 266 g/mol. The molecule has 2 rings (SSSR count). The summed E-state index contributed by atoms with van der Waals surface area (Å²) < 4.78 is 15.7. The van der Waals surface area contributed by atoms with Crippen molar-refractivity contribution in [2.45, 2.75) is 37.9 Å². The van der Waals surface area contributed by atoms with Crippen LogP contribution < -0.4 is 0 Å². The number of hydrogen-bond acceptors (Lipinski definition) is 5. The van der Waals surface area contributed by atoms with Gasteiger partial charge in [0.25, 0.3) is 0 Å². The van der Waals surface area contributed by atoms with E-state index >= 15 is 0 Å². The van der Waals surface area contributed by atoms with Crippen LogP contribution in [0.5, 0.6) is 0 Å². The van der Waals surface area contributed by atoms with E-state index in [1.807, 2.05) is 6.92 Å². The van der Waals surface area contributed by atoms with E-state index in [0.717, 1.165) is 31.1 Å². The highest BCUT2D eigenvalue weighted by molar-refractivity contribution is 5.83. The van der Waals surface area contributed by atoms with Crippen LogP contribution in [0.25, 0.3) is 0 Å². The third kappa shape index (κ3) is 2.80. The Morgan fingerprint density at radius 2 is 2.32 bits per heavy atom. The summed E-state index contributed by atoms with van der Waals surface area (Å²) in [5, 5.41) is 0. The minimum atomic E-state index is -0.673. The van der Waals surface area contributed by atoms with Gasteiger partial charge in [0.1, 0.15) is 11.7 Å². The predicted octanol–water partition coefficient (Wildman–Crippen LogP) is 1.73. The first-order valence-corrected chi connectivity index (χ1v) is 6.31. The van der Waals surface area contributed by atoms with Crippen LogP contribution in [-0.2, 0) is 23.8 Å². The summed E-state index contributed by atoms with van der Waals surface area (Å²) >= 11 is 0. The van der Waals surface area contributed by atoms with Crippen LogP contribution in [0.4, 0.5) is 0 Å². The highest BCUT2D eigenvalue weighted by atomic mass is 16.6. The van der Waals surface area contributed by atoms with E-state index in [0.29, 0.717) is 5.92 Å². The van der Waals surface area contributed by atoms with Crippen molar-refractivity contribution in [3.8, 4) is 0 Å². The molecule has 0 amide bonds. The van der Waals surface area contributed by atoms with Gasteiger partial charge in [-0.15, -0.1) is 0 Å². The van der Waals surface area contributed by atoms with Crippen molar-refractivity contribution in [2.24, 2.45) is 5.92 Å². The van der Waals surface area contributed by atoms with Crippen LogP contribution in [0.2, 0.25) is 0 Å². The van der Waals surface area contributed by atoms with Crippen molar-refractivity contribution < 1.29 is 23.8 Å². The molecule has 3 unspecified atom stereocenters. The summed E-state index contributed by atoms with van der Waals surface area (Å²) in [6.45, 7) is 8.56. The Balaban J connectivity index is 1.91. The molecule has 3 atom stereocenters. The second kappa shape index (κ2) is 5.07. The number of carbonyl (C=O) groups is 2. The molecule has 0 spiro atoms. The molecule has 5 nitrogen and oxygen atoms in total. The Kier molecular flexibility index (Phi) is 3.64. The minimum absolute atomic E-state index is 0.155. The van der Waals surface area contributed by atoms with Crippen LogP contribution in [-0.4, -0.2) is 30.3 Å². The van der Waals surface area contributed by atoms with Gasteiger partial charge in [-0.25, -0.2) is 9.59 Å². The fourth-order valence-corrected chi connectivity index (χ4v) is 2.59. The number of fused-ring (bicyclic) bond motifs is 2. The van der Waals surface area contributed by atoms with Gasteiger partial charge < -0.3 is 14.2 Å². The second-order valence-electron chi connectivity index (χ2n) is 5.14. The molecular weight excluding hydrogens is 248 g/mol. The molecular formula is C14H18O5. The topological polar surface area (TPSA) is 61.8 Å². The lowest BCUT2D eigenvalue weighted by Crippen LogP contribution is -2.46. The van der Waals surface area contributed by atoms with Gasteiger partial charge in [-0.05, 0) is 26.2 Å². The molecule has 2 aliphatic rings. The molecule has 1 aliphatic heterocycles. The smallest absolute Gasteiger partial charge is 0.344 e. The van der Waals surface area contributed by atoms with Gasteiger partial charge in [-0.2, -0.15) is 0 Å². The Labute approximate surface area is 112 Å². The number of rotatable bonds is 4. The molecule has 0 aromatic rings. The van der Waals surface area contributed by atoms with Gasteiger partial charge in [-0.1, -0.05) is 13.2 Å². The maximum absolute atomic E-state index is 11.7. The van der Waals surface area contributed by atoms with E-state index in [1.54, 1.807) is 0 Å². The summed E-state index contributed by atoms with van der Waals surface area (Å²) in [6.07, 6.45) is 3.30. The quantitative estimate of drug-likeness (QED) is 0.573. The fourth-order valence-electron chi connectivity index (χ4n) is 2.59. The molecule has 0 aromatic carbocycles. The molecule has 1 aliphatic carbocycles. The lowest BCUT2D eigenvalue weighted by atomic mass is 9.79. The molecule has 5 heteroatoms. The van der Waals surface area contributed by atoms with Gasteiger partial charge in [0.2, 0.25) is 0 Å². The number of esters is 2. The fraction of sp³-hybridized carbons (Fsp3) is 0.571. The summed E-state index contributed by atoms with van der Waals surface area (Å²) in [5.41, 5.74) is -0.673. The summed E-state index contributed by atoms with van der Waals surface area (Å²) in [4.78, 5) is 22.6. The number of allylic oxidation sites excluding steroid dienone is 1. The zero-order chi connectivity index (χ0) is 14.0. The van der Waals surface area contributed by atoms with Crippen molar-refractivity contribution in [3.63, 3.8) is 0 Å². The molecule has 0 radical (unpaired) electrons. The Hall–Kier alpha value is -1.78. The third-order valence-electron chi connectivity index (χ3n) is 3.76. The van der Waals surface area contributed by atoms with Gasteiger partial charge in [0, 0.05) is 12.0 Å². The lowest BCUT2D eigenvalue weighted by Gasteiger charge is -2.36. The largest absolute Gasteiger partial charge is 0.491 e. The zero-order valence-electron chi connectivity index (χ0n) is 11.0. The molecule has 19 heavy (non-hydrogen) atoms. The van der Waals surface area contributed by atoms with Gasteiger partial charge in [-0.3, -0.25) is 0 Å². The van der Waals surface area contributed by atoms with Crippen molar-refractivity contribution in [2.75, 3.05) is 6.61 Å². The number of ether oxygens (including phenoxy) is 3. The minimum Gasteiger partial charge on any atom is -0.491 e. The second-order valence-corrected chi connectivity index (χ2v) is 5.14. The van der Waals surface area contributed by atoms with Crippen molar-refractivity contribution in [1.29, 1.82) is 0 Å². The maximum Gasteiger partial charge on any atom is 0.344 e. The molecule has 104 valence electrons. The van der Waals surface area contributed by atoms with E-state index < -0.39 is 24.1 Å². The van der Waals surface area contributed by atoms with E-state index in [2.05, 4.69) is 17.9 Å². The van der Waals surface area contributed by atoms with Crippen LogP contribution in [0.3, 0.4) is 0 Å². The first-order chi connectivity index (χ1) is 8.94. The number of hydrogen-bond donors (Lipinski definition) is 0. The normalized spacial score (nSPS) is 32.4. The van der Waals surface area contributed by atoms with Crippen LogP contribution in [0, 0.1) is 5.92 Å². The first-order valence-electron chi connectivity index (χ1n) is 6.31. The van der Waals surface area contributed by atoms with Crippen molar-refractivity contribution in [1.82, 2.24) is 0 Å². The Morgan fingerprint density at radius 1 is 1.58 bits per heavy atom. The lowest BCUT2D eigenvalue weighted by molar-refractivity contribution is -0.179. The highest BCUT2D eigenvalue weighted by Gasteiger charge is 2.50. The molecule has 2 bridgehead atoms. The SMILES string of the molecule is C=CC(=O)OCC(=O)OC1(C)CCC2CC1OC2=C. The van der Waals surface area contributed by atoms with E-state index in [1.165, 1.54) is 0 Å². The average Bonchev–Trinajstić information content (AvgIpc) is 2.70. The van der Waals surface area contributed by atoms with Gasteiger partial charge in [0.05, 0.1) is 5.76 Å². The summed E-state index contributed by atoms with van der Waals surface area (Å²) in [6, 6.07) is 0. The molecule has 1 saturated carbocycles. The highest BCUT2D eigenvalue weighted by Crippen LogP contribution is 2.46. The van der Waals surface area contributed by atoms with Gasteiger partial charge in [0.15, 0.2) is 6.61 Å². The summed E-state index contributed by atoms with van der Waals surface area (Å²) in [7, 11) is 0. The van der Waals surface area contributed by atoms with E-state index in [4.69, 9.17) is 9.47 Å².